The Morgan fingerprint density at radius 1 is 0.622 bits per heavy atom. The van der Waals surface area contributed by atoms with E-state index in [9.17, 15) is 70.5 Å². The van der Waals surface area contributed by atoms with Gasteiger partial charge in [-0.25, -0.2) is 0 Å². The number of carbonyl (C=O) groups is 1. The van der Waals surface area contributed by atoms with Crippen LogP contribution in [0, 0.1) is 0 Å². The molecule has 0 radical (unpaired) electrons. The van der Waals surface area contributed by atoms with Crippen molar-refractivity contribution in [1.29, 1.82) is 0 Å². The number of aliphatic hydroxyl groups is 3. The van der Waals surface area contributed by atoms with E-state index in [0.717, 1.165) is 39.3 Å². The van der Waals surface area contributed by atoms with Crippen molar-refractivity contribution >= 4 is 16.8 Å². The summed E-state index contributed by atoms with van der Waals surface area (Å²) in [5.41, 5.74) is 0. The van der Waals surface area contributed by atoms with Crippen LogP contribution in [0.1, 0.15) is 33.6 Å². The molecule has 0 spiro atoms. The molecule has 45 heavy (non-hydrogen) atoms. The van der Waals surface area contributed by atoms with Crippen molar-refractivity contribution in [3.05, 3.63) is 0 Å². The van der Waals surface area contributed by atoms with Crippen molar-refractivity contribution in [3.63, 3.8) is 0 Å². The van der Waals surface area contributed by atoms with E-state index in [1.165, 1.54) is 6.92 Å². The number of hydrogen-bond donors (Lipinski definition) is 3. The Hall–Kier alpha value is -1.56. The summed E-state index contributed by atoms with van der Waals surface area (Å²) in [5.74, 6) is -31.9. The molecule has 0 aromatic carbocycles. The largest absolute Gasteiger partial charge is 0.466 e. The SMILES string of the molecule is C1COCCO1.CCCO.CCCOC(C)=O.CS(C)=O.FC(F)(F)C(F)(F)C(F)(F)C(F)(F)C(F)(F)C(F)(F)F.OCCO. The fraction of sp³-hybridized carbons (Fsp3) is 0.955. The predicted octanol–water partition coefficient (Wildman–Crippen LogP) is 5.00. The third-order valence-electron chi connectivity index (χ3n) is 3.47. The average Bonchev–Trinajstić information content (AvgIpc) is 2.92. The van der Waals surface area contributed by atoms with Gasteiger partial charge in [-0.05, 0) is 12.8 Å². The number of rotatable bonds is 7. The number of ether oxygens (including phenoxy) is 3. The van der Waals surface area contributed by atoms with Gasteiger partial charge in [-0.1, -0.05) is 13.8 Å². The minimum absolute atomic E-state index is 0.125. The van der Waals surface area contributed by atoms with Crippen LogP contribution in [0.15, 0.2) is 0 Å². The molecule has 23 heteroatoms. The molecule has 0 amide bonds. The number of carbonyl (C=O) groups excluding carboxylic acids is 1. The van der Waals surface area contributed by atoms with Gasteiger partial charge in [0.15, 0.2) is 0 Å². The van der Waals surface area contributed by atoms with Gasteiger partial charge in [0.25, 0.3) is 0 Å². The summed E-state index contributed by atoms with van der Waals surface area (Å²) in [4.78, 5) is 9.98. The highest BCUT2D eigenvalue weighted by Crippen LogP contribution is 2.60. The average molecular weight is 729 g/mol. The number of hydrogen-bond acceptors (Lipinski definition) is 8. The summed E-state index contributed by atoms with van der Waals surface area (Å²) in [6.45, 7) is 9.04. The summed E-state index contributed by atoms with van der Waals surface area (Å²) < 4.78 is 190. The highest BCUT2D eigenvalue weighted by molar-refractivity contribution is 7.83. The van der Waals surface area contributed by atoms with Gasteiger partial charge in [0.1, 0.15) is 0 Å². The second kappa shape index (κ2) is 25.5. The molecule has 0 aliphatic carbocycles. The lowest BCUT2D eigenvalue weighted by molar-refractivity contribution is -0.451. The molecule has 3 N–H and O–H groups in total. The molecular formula is C22H38F14O8S. The first-order chi connectivity index (χ1) is 20.1. The van der Waals surface area contributed by atoms with Crippen molar-refractivity contribution in [1.82, 2.24) is 0 Å². The van der Waals surface area contributed by atoms with Gasteiger partial charge in [-0.2, -0.15) is 61.5 Å². The fourth-order valence-corrected chi connectivity index (χ4v) is 1.44. The summed E-state index contributed by atoms with van der Waals surface area (Å²) in [7, 11) is -0.611. The Bertz CT molecular complexity index is 689. The first kappa shape index (κ1) is 53.0. The Morgan fingerprint density at radius 3 is 0.956 bits per heavy atom. The van der Waals surface area contributed by atoms with Crippen LogP contribution in [-0.2, 0) is 29.8 Å². The lowest BCUT2D eigenvalue weighted by Gasteiger charge is -2.37. The normalized spacial score (nSPS) is 13.9. The standard InChI is InChI=1S/C6F14.C5H10O2.C4H8O2.C3H8O.C2H6O2.C2H6OS/c7-1(8,3(11,12)5(15,16)17)2(9,10)4(13,14)6(18,19)20;1-3-4-7-5(2)6;1-2-6-4-3-5-1;1-2-3-4;3-1-2-4;1-4(2)3/h;3-4H2,1-2H3;1-4H2;4H,2-3H2,1H3;3-4H,1-2H2;1-2H3. The van der Waals surface area contributed by atoms with E-state index in [-0.39, 0.29) is 19.2 Å². The Kier molecular flexibility index (Phi) is 30.0. The summed E-state index contributed by atoms with van der Waals surface area (Å²) in [6.07, 6.45) is -9.91. The maximum Gasteiger partial charge on any atom is 0.460 e. The molecule has 1 aliphatic heterocycles. The minimum Gasteiger partial charge on any atom is -0.466 e. The van der Waals surface area contributed by atoms with Crippen LogP contribution >= 0.6 is 0 Å². The quantitative estimate of drug-likeness (QED) is 0.248. The van der Waals surface area contributed by atoms with Gasteiger partial charge in [-0.3, -0.25) is 9.00 Å². The monoisotopic (exact) mass is 728 g/mol. The summed E-state index contributed by atoms with van der Waals surface area (Å²) in [6, 6.07) is 0. The van der Waals surface area contributed by atoms with E-state index >= 15 is 0 Å². The number of esters is 1. The third-order valence-corrected chi connectivity index (χ3v) is 3.47. The summed E-state index contributed by atoms with van der Waals surface area (Å²) in [5, 5.41) is 23.1. The number of alkyl halides is 14. The van der Waals surface area contributed by atoms with E-state index in [1.54, 1.807) is 12.5 Å². The second-order valence-electron chi connectivity index (χ2n) is 7.77. The molecule has 8 nitrogen and oxygen atoms in total. The molecule has 0 bridgehead atoms. The zero-order valence-electron chi connectivity index (χ0n) is 24.7. The Morgan fingerprint density at radius 2 is 0.867 bits per heavy atom. The summed E-state index contributed by atoms with van der Waals surface area (Å²) >= 11 is 0. The molecule has 1 heterocycles. The Balaban J connectivity index is -0.000000172. The minimum atomic E-state index is -8.04. The fourth-order valence-electron chi connectivity index (χ4n) is 1.44. The molecule has 1 rings (SSSR count). The topological polar surface area (TPSA) is 123 Å². The van der Waals surface area contributed by atoms with E-state index in [1.807, 2.05) is 13.8 Å². The van der Waals surface area contributed by atoms with Gasteiger partial charge >= 0.3 is 42.0 Å². The lowest BCUT2D eigenvalue weighted by Crippen LogP contribution is -2.69. The van der Waals surface area contributed by atoms with Crippen LogP contribution in [0.25, 0.3) is 0 Å². The van der Waals surface area contributed by atoms with Crippen LogP contribution < -0.4 is 0 Å². The number of aliphatic hydroxyl groups excluding tert-OH is 3. The van der Waals surface area contributed by atoms with Crippen LogP contribution in [0.3, 0.4) is 0 Å². The van der Waals surface area contributed by atoms with Crippen molar-refractivity contribution in [3.8, 4) is 0 Å². The molecule has 0 saturated carbocycles. The second-order valence-corrected chi connectivity index (χ2v) is 9.25. The first-order valence-corrected chi connectivity index (χ1v) is 14.1. The maximum absolute atomic E-state index is 12.3. The predicted molar refractivity (Wildman–Crippen MR) is 132 cm³/mol. The van der Waals surface area contributed by atoms with Crippen molar-refractivity contribution in [2.45, 2.75) is 69.7 Å². The molecule has 1 saturated heterocycles. The third kappa shape index (κ3) is 22.6. The zero-order chi connectivity index (χ0) is 37.3. The van der Waals surface area contributed by atoms with Crippen molar-refractivity contribution in [2.75, 3.05) is 65.4 Å². The Labute approximate surface area is 252 Å². The highest BCUT2D eigenvalue weighted by Gasteiger charge is 2.91. The molecule has 0 aromatic heterocycles. The van der Waals surface area contributed by atoms with Gasteiger partial charge in [0.2, 0.25) is 0 Å². The maximum atomic E-state index is 12.3. The van der Waals surface area contributed by atoms with Crippen LogP contribution in [0.2, 0.25) is 0 Å². The molecule has 1 aliphatic rings. The molecular weight excluding hydrogens is 690 g/mol. The molecule has 1 fully saturated rings. The molecule has 0 atom stereocenters. The van der Waals surface area contributed by atoms with E-state index in [4.69, 9.17) is 24.8 Å². The smallest absolute Gasteiger partial charge is 0.460 e. The van der Waals surface area contributed by atoms with Crippen molar-refractivity contribution in [2.24, 2.45) is 0 Å². The van der Waals surface area contributed by atoms with Crippen molar-refractivity contribution < 1.29 is 100.0 Å². The van der Waals surface area contributed by atoms with Crippen LogP contribution in [-0.4, -0.2) is 127 Å². The van der Waals surface area contributed by atoms with E-state index in [2.05, 4.69) is 4.74 Å². The van der Waals surface area contributed by atoms with Gasteiger partial charge in [0, 0.05) is 36.8 Å². The lowest BCUT2D eigenvalue weighted by atomic mass is 9.98. The van der Waals surface area contributed by atoms with E-state index in [0.29, 0.717) is 13.2 Å². The van der Waals surface area contributed by atoms with Gasteiger partial charge < -0.3 is 29.5 Å². The van der Waals surface area contributed by atoms with E-state index < -0.39 is 46.8 Å². The number of halogens is 14. The van der Waals surface area contributed by atoms with Crippen LogP contribution in [0.4, 0.5) is 61.5 Å². The molecule has 278 valence electrons. The first-order valence-electron chi connectivity index (χ1n) is 12.1. The highest BCUT2D eigenvalue weighted by atomic mass is 32.2. The van der Waals surface area contributed by atoms with Crippen LogP contribution in [0.5, 0.6) is 0 Å². The van der Waals surface area contributed by atoms with Gasteiger partial charge in [0.05, 0.1) is 46.2 Å². The molecule has 0 aromatic rings. The van der Waals surface area contributed by atoms with Gasteiger partial charge in [-0.15, -0.1) is 0 Å². The zero-order valence-corrected chi connectivity index (χ0v) is 25.5. The molecule has 0 unspecified atom stereocenters.